The number of carbonyl (C=O) groups excluding carboxylic acids is 1. The molecule has 4 nitrogen and oxygen atoms in total. The number of carboxylic acid groups (broad SMARTS) is 1. The van der Waals surface area contributed by atoms with E-state index in [0.29, 0.717) is 15.4 Å². The van der Waals surface area contributed by atoms with Crippen molar-refractivity contribution in [2.45, 2.75) is 26.2 Å². The highest BCUT2D eigenvalue weighted by Crippen LogP contribution is 2.54. The molecule has 1 amide bonds. The summed E-state index contributed by atoms with van der Waals surface area (Å²) in [5, 5.41) is 12.5. The minimum absolute atomic E-state index is 0.0559. The number of nitrogens with one attached hydrogen (secondary N) is 1. The fourth-order valence-corrected chi connectivity index (χ4v) is 3.82. The van der Waals surface area contributed by atoms with Gasteiger partial charge in [-0.2, -0.15) is 0 Å². The Morgan fingerprint density at radius 3 is 2.56 bits per heavy atom. The number of amides is 1. The number of rotatable bonds is 3. The second-order valence-electron chi connectivity index (χ2n) is 5.34. The predicted octanol–water partition coefficient (Wildman–Crippen LogP) is 2.74. The van der Waals surface area contributed by atoms with Crippen LogP contribution in [0.3, 0.4) is 0 Å². The lowest BCUT2D eigenvalue weighted by Gasteiger charge is -2.10. The van der Waals surface area contributed by atoms with E-state index in [0.717, 1.165) is 36.0 Å². The van der Waals surface area contributed by atoms with E-state index in [4.69, 9.17) is 5.11 Å². The van der Waals surface area contributed by atoms with Gasteiger partial charge in [-0.3, -0.25) is 4.79 Å². The minimum Gasteiger partial charge on any atom is -0.477 e. The third-order valence-corrected chi connectivity index (χ3v) is 5.11. The molecule has 2 atom stereocenters. The summed E-state index contributed by atoms with van der Waals surface area (Å²) in [5.41, 5.74) is 0.706. The number of thiophene rings is 1. The van der Waals surface area contributed by atoms with Crippen molar-refractivity contribution in [3.63, 3.8) is 0 Å². The Morgan fingerprint density at radius 1 is 1.33 bits per heavy atom. The highest BCUT2D eigenvalue weighted by molar-refractivity contribution is 7.18. The molecule has 2 unspecified atom stereocenters. The maximum atomic E-state index is 12.0. The van der Waals surface area contributed by atoms with Crippen LogP contribution in [0.15, 0.2) is 6.07 Å². The van der Waals surface area contributed by atoms with Crippen molar-refractivity contribution in [3.05, 3.63) is 16.5 Å². The minimum atomic E-state index is -0.930. The van der Waals surface area contributed by atoms with Gasteiger partial charge in [0.2, 0.25) is 5.91 Å². The zero-order chi connectivity index (χ0) is 12.9. The van der Waals surface area contributed by atoms with Crippen LogP contribution in [0.5, 0.6) is 0 Å². The second kappa shape index (κ2) is 4.09. The first-order valence-electron chi connectivity index (χ1n) is 6.19. The molecule has 0 aliphatic heterocycles. The molecule has 2 saturated carbocycles. The predicted molar refractivity (Wildman–Crippen MR) is 69.0 cm³/mol. The molecule has 0 bridgehead atoms. The summed E-state index contributed by atoms with van der Waals surface area (Å²) in [6.45, 7) is 1.75. The number of carbonyl (C=O) groups is 2. The lowest BCUT2D eigenvalue weighted by atomic mass is 10.0. The van der Waals surface area contributed by atoms with Crippen molar-refractivity contribution >= 4 is 28.2 Å². The van der Waals surface area contributed by atoms with E-state index in [2.05, 4.69) is 5.32 Å². The lowest BCUT2D eigenvalue weighted by molar-refractivity contribution is -0.119. The highest BCUT2D eigenvalue weighted by atomic mass is 32.1. The smallest absolute Gasteiger partial charge is 0.346 e. The van der Waals surface area contributed by atoms with Crippen LogP contribution in [0.25, 0.3) is 0 Å². The Balaban J connectivity index is 1.67. The maximum Gasteiger partial charge on any atom is 0.346 e. The average Bonchev–Trinajstić information content (AvgIpc) is 2.74. The van der Waals surface area contributed by atoms with E-state index in [1.165, 1.54) is 6.42 Å². The van der Waals surface area contributed by atoms with E-state index < -0.39 is 5.97 Å². The molecule has 1 aromatic rings. The van der Waals surface area contributed by atoms with Crippen molar-refractivity contribution in [3.8, 4) is 0 Å². The number of hydrogen-bond acceptors (Lipinski definition) is 3. The number of hydrogen-bond donors (Lipinski definition) is 2. The molecule has 5 heteroatoms. The summed E-state index contributed by atoms with van der Waals surface area (Å²) < 4.78 is 0. The highest BCUT2D eigenvalue weighted by Gasteiger charge is 2.48. The quantitative estimate of drug-likeness (QED) is 0.883. The van der Waals surface area contributed by atoms with E-state index >= 15 is 0 Å². The van der Waals surface area contributed by atoms with Gasteiger partial charge in [0.25, 0.3) is 0 Å². The van der Waals surface area contributed by atoms with Crippen molar-refractivity contribution < 1.29 is 14.7 Å². The molecule has 0 aromatic carbocycles. The summed E-state index contributed by atoms with van der Waals surface area (Å²) in [7, 11) is 0. The molecule has 0 saturated heterocycles. The lowest BCUT2D eigenvalue weighted by Crippen LogP contribution is -2.20. The van der Waals surface area contributed by atoms with E-state index in [-0.39, 0.29) is 11.8 Å². The second-order valence-corrected chi connectivity index (χ2v) is 6.39. The summed E-state index contributed by atoms with van der Waals surface area (Å²) in [4.78, 5) is 23.2. The van der Waals surface area contributed by atoms with Crippen LogP contribution in [0.1, 0.15) is 34.5 Å². The summed E-state index contributed by atoms with van der Waals surface area (Å²) >= 11 is 1.14. The van der Waals surface area contributed by atoms with Crippen molar-refractivity contribution in [1.82, 2.24) is 0 Å². The molecule has 0 radical (unpaired) electrons. The van der Waals surface area contributed by atoms with E-state index in [9.17, 15) is 9.59 Å². The molecule has 2 aliphatic carbocycles. The van der Waals surface area contributed by atoms with Crippen molar-refractivity contribution in [2.75, 3.05) is 5.32 Å². The van der Waals surface area contributed by atoms with Crippen molar-refractivity contribution in [1.29, 1.82) is 0 Å². The molecule has 3 rings (SSSR count). The van der Waals surface area contributed by atoms with Gasteiger partial charge in [0.1, 0.15) is 4.88 Å². The van der Waals surface area contributed by atoms with Gasteiger partial charge in [0.05, 0.1) is 5.00 Å². The molecule has 1 aromatic heterocycles. The zero-order valence-corrected chi connectivity index (χ0v) is 10.9. The zero-order valence-electron chi connectivity index (χ0n) is 10.1. The first-order valence-corrected chi connectivity index (χ1v) is 7.01. The third-order valence-electron chi connectivity index (χ3n) is 3.97. The Kier molecular flexibility index (Phi) is 2.66. The SMILES string of the molecule is Cc1cc(NC(=O)C2CC3CC3C2)sc1C(=O)O. The summed E-state index contributed by atoms with van der Waals surface area (Å²) in [5.74, 6) is 0.811. The number of fused-ring (bicyclic) bond motifs is 1. The number of carboxylic acids is 1. The van der Waals surface area contributed by atoms with Gasteiger partial charge in [0.15, 0.2) is 0 Å². The van der Waals surface area contributed by atoms with Crippen molar-refractivity contribution in [2.24, 2.45) is 17.8 Å². The summed E-state index contributed by atoms with van der Waals surface area (Å²) in [6, 6.07) is 1.74. The Morgan fingerprint density at radius 2 is 2.00 bits per heavy atom. The molecule has 0 spiro atoms. The van der Waals surface area contributed by atoms with Gasteiger partial charge in [0, 0.05) is 5.92 Å². The molecular weight excluding hydrogens is 250 g/mol. The molecule has 18 heavy (non-hydrogen) atoms. The number of aromatic carboxylic acids is 1. The Bertz CT molecular complexity index is 512. The fraction of sp³-hybridized carbons (Fsp3) is 0.538. The standard InChI is InChI=1S/C13H15NO3S/c1-6-2-10(18-11(6)13(16)17)14-12(15)9-4-7-3-8(7)5-9/h2,7-9H,3-5H2,1H3,(H,14,15)(H,16,17). The molecule has 1 heterocycles. The van der Waals surface area contributed by atoms with Crippen LogP contribution in [0.2, 0.25) is 0 Å². The molecule has 96 valence electrons. The van der Waals surface area contributed by atoms with Crippen LogP contribution in [0.4, 0.5) is 5.00 Å². The van der Waals surface area contributed by atoms with Crippen LogP contribution in [-0.4, -0.2) is 17.0 Å². The normalized spacial score (nSPS) is 28.8. The maximum absolute atomic E-state index is 12.0. The Hall–Kier alpha value is -1.36. The first kappa shape index (κ1) is 11.7. The van der Waals surface area contributed by atoms with E-state index in [1.54, 1.807) is 13.0 Å². The molecule has 2 N–H and O–H groups in total. The Labute approximate surface area is 109 Å². The van der Waals surface area contributed by atoms with Crippen LogP contribution < -0.4 is 5.32 Å². The van der Waals surface area contributed by atoms with Crippen LogP contribution in [-0.2, 0) is 4.79 Å². The van der Waals surface area contributed by atoms with Gasteiger partial charge in [-0.25, -0.2) is 4.79 Å². The number of anilines is 1. The first-order chi connectivity index (χ1) is 8.54. The average molecular weight is 265 g/mol. The fourth-order valence-electron chi connectivity index (χ4n) is 2.91. The van der Waals surface area contributed by atoms with Gasteiger partial charge >= 0.3 is 5.97 Å². The summed E-state index contributed by atoms with van der Waals surface area (Å²) in [6.07, 6.45) is 3.31. The third kappa shape index (κ3) is 2.03. The molecular formula is C13H15NO3S. The van der Waals surface area contributed by atoms with E-state index in [1.807, 2.05) is 0 Å². The van der Waals surface area contributed by atoms with Gasteiger partial charge in [-0.05, 0) is 49.7 Å². The monoisotopic (exact) mass is 265 g/mol. The topological polar surface area (TPSA) is 66.4 Å². The molecule has 2 aliphatic rings. The van der Waals surface area contributed by atoms with Gasteiger partial charge < -0.3 is 10.4 Å². The van der Waals surface area contributed by atoms with Gasteiger partial charge in [-0.1, -0.05) is 0 Å². The van der Waals surface area contributed by atoms with Gasteiger partial charge in [-0.15, -0.1) is 11.3 Å². The largest absolute Gasteiger partial charge is 0.477 e. The van der Waals surface area contributed by atoms with Crippen LogP contribution >= 0.6 is 11.3 Å². The number of aryl methyl sites for hydroxylation is 1. The van der Waals surface area contributed by atoms with Crippen LogP contribution in [0, 0.1) is 24.7 Å². The molecule has 2 fully saturated rings.